The SMILES string of the molecule is Nc1c(NC(=O)/C=C/c2cccnc2)sc2c1CCC(OC(=O)N1CCCCO1)C2. The van der Waals surface area contributed by atoms with E-state index < -0.39 is 6.09 Å². The van der Waals surface area contributed by atoms with Crippen LogP contribution in [-0.2, 0) is 27.2 Å². The lowest BCUT2D eigenvalue weighted by molar-refractivity contribution is -0.161. The van der Waals surface area contributed by atoms with Crippen molar-refractivity contribution in [2.45, 2.75) is 38.2 Å². The predicted molar refractivity (Wildman–Crippen MR) is 115 cm³/mol. The van der Waals surface area contributed by atoms with Gasteiger partial charge in [0.25, 0.3) is 0 Å². The third-order valence-corrected chi connectivity index (χ3v) is 6.27. The Bertz CT molecular complexity index is 938. The Morgan fingerprint density at radius 3 is 3.07 bits per heavy atom. The van der Waals surface area contributed by atoms with Crippen molar-refractivity contribution in [3.63, 3.8) is 0 Å². The van der Waals surface area contributed by atoms with E-state index >= 15 is 0 Å². The first-order valence-corrected chi connectivity index (χ1v) is 10.8. The Balaban J connectivity index is 1.36. The van der Waals surface area contributed by atoms with Crippen molar-refractivity contribution in [1.82, 2.24) is 10.0 Å². The summed E-state index contributed by atoms with van der Waals surface area (Å²) in [6, 6.07) is 3.68. The van der Waals surface area contributed by atoms with Gasteiger partial charge in [0.2, 0.25) is 5.91 Å². The zero-order valence-electron chi connectivity index (χ0n) is 16.5. The van der Waals surface area contributed by atoms with Crippen LogP contribution in [0.4, 0.5) is 15.5 Å². The minimum Gasteiger partial charge on any atom is -0.444 e. The van der Waals surface area contributed by atoms with Gasteiger partial charge in [-0.3, -0.25) is 14.6 Å². The molecule has 0 bridgehead atoms. The molecule has 3 N–H and O–H groups in total. The summed E-state index contributed by atoms with van der Waals surface area (Å²) in [6.07, 6.45) is 9.73. The van der Waals surface area contributed by atoms with Crippen LogP contribution in [0, 0.1) is 0 Å². The average Bonchev–Trinajstić information content (AvgIpc) is 3.08. The normalized spacial score (nSPS) is 18.8. The number of hydrogen-bond donors (Lipinski definition) is 2. The number of thiophene rings is 1. The number of carbonyl (C=O) groups excluding carboxylic acids is 2. The summed E-state index contributed by atoms with van der Waals surface area (Å²) in [5.41, 5.74) is 8.74. The number of anilines is 2. The highest BCUT2D eigenvalue weighted by molar-refractivity contribution is 7.17. The van der Waals surface area contributed by atoms with Gasteiger partial charge in [-0.25, -0.2) is 4.79 Å². The molecule has 2 aromatic rings. The van der Waals surface area contributed by atoms with E-state index in [4.69, 9.17) is 15.3 Å². The third kappa shape index (κ3) is 4.80. The van der Waals surface area contributed by atoms with E-state index in [0.29, 0.717) is 43.1 Å². The minimum atomic E-state index is -0.429. The van der Waals surface area contributed by atoms with Crippen LogP contribution in [0.25, 0.3) is 6.08 Å². The van der Waals surface area contributed by atoms with Gasteiger partial charge in [0.05, 0.1) is 18.8 Å². The number of hydrogen-bond acceptors (Lipinski definition) is 7. The molecule has 1 saturated heterocycles. The Kier molecular flexibility index (Phi) is 6.29. The van der Waals surface area contributed by atoms with E-state index in [0.717, 1.165) is 28.8 Å². The number of nitrogens with one attached hydrogen (secondary N) is 1. The summed E-state index contributed by atoms with van der Waals surface area (Å²) in [4.78, 5) is 35.0. The van der Waals surface area contributed by atoms with Crippen LogP contribution in [0.3, 0.4) is 0 Å². The number of hydroxylamine groups is 2. The first kappa shape index (κ1) is 20.4. The number of fused-ring (bicyclic) bond motifs is 1. The van der Waals surface area contributed by atoms with Crippen molar-refractivity contribution in [1.29, 1.82) is 0 Å². The first-order chi connectivity index (χ1) is 14.6. The zero-order valence-corrected chi connectivity index (χ0v) is 17.3. The van der Waals surface area contributed by atoms with Gasteiger partial charge < -0.3 is 15.8 Å². The second-order valence-corrected chi connectivity index (χ2v) is 8.35. The fourth-order valence-electron chi connectivity index (χ4n) is 3.52. The number of aromatic nitrogens is 1. The monoisotopic (exact) mass is 428 g/mol. The number of pyridine rings is 1. The lowest BCUT2D eigenvalue weighted by atomic mass is 9.95. The van der Waals surface area contributed by atoms with E-state index in [2.05, 4.69) is 10.3 Å². The van der Waals surface area contributed by atoms with Gasteiger partial charge in [-0.15, -0.1) is 11.3 Å². The maximum atomic E-state index is 12.3. The molecular weight excluding hydrogens is 404 g/mol. The van der Waals surface area contributed by atoms with Crippen molar-refractivity contribution >= 4 is 40.1 Å². The molecule has 158 valence electrons. The van der Waals surface area contributed by atoms with E-state index in [1.807, 2.05) is 12.1 Å². The Hall–Kier alpha value is -2.91. The second-order valence-electron chi connectivity index (χ2n) is 7.25. The average molecular weight is 429 g/mol. The van der Waals surface area contributed by atoms with Crippen LogP contribution in [0.5, 0.6) is 0 Å². The molecule has 30 heavy (non-hydrogen) atoms. The number of nitrogens with two attached hydrogens (primary N) is 1. The molecule has 4 rings (SSSR count). The highest BCUT2D eigenvalue weighted by Gasteiger charge is 2.29. The summed E-state index contributed by atoms with van der Waals surface area (Å²) in [5, 5.41) is 4.80. The molecular formula is C21H24N4O4S. The fourth-order valence-corrected chi connectivity index (χ4v) is 4.75. The number of carbonyl (C=O) groups is 2. The molecule has 1 fully saturated rings. The van der Waals surface area contributed by atoms with Crippen LogP contribution in [-0.4, -0.2) is 41.3 Å². The molecule has 0 spiro atoms. The van der Waals surface area contributed by atoms with Crippen molar-refractivity contribution < 1.29 is 19.2 Å². The Morgan fingerprint density at radius 2 is 2.30 bits per heavy atom. The van der Waals surface area contributed by atoms with Crippen molar-refractivity contribution in [3.8, 4) is 0 Å². The van der Waals surface area contributed by atoms with Crippen LogP contribution in [0.2, 0.25) is 0 Å². The lowest BCUT2D eigenvalue weighted by Crippen LogP contribution is -2.39. The van der Waals surface area contributed by atoms with Gasteiger partial charge in [-0.2, -0.15) is 5.06 Å². The molecule has 8 nitrogen and oxygen atoms in total. The van der Waals surface area contributed by atoms with Gasteiger partial charge in [0, 0.05) is 29.8 Å². The van der Waals surface area contributed by atoms with Crippen LogP contribution in [0.1, 0.15) is 35.3 Å². The third-order valence-electron chi connectivity index (χ3n) is 5.08. The molecule has 3 heterocycles. The summed E-state index contributed by atoms with van der Waals surface area (Å²) >= 11 is 1.44. The minimum absolute atomic E-state index is 0.220. The molecule has 0 aromatic carbocycles. The second kappa shape index (κ2) is 9.27. The van der Waals surface area contributed by atoms with Crippen molar-refractivity contribution in [2.75, 3.05) is 24.2 Å². The first-order valence-electron chi connectivity index (χ1n) is 10.0. The van der Waals surface area contributed by atoms with Gasteiger partial charge in [-0.1, -0.05) is 6.07 Å². The van der Waals surface area contributed by atoms with Gasteiger partial charge >= 0.3 is 6.09 Å². The van der Waals surface area contributed by atoms with Crippen LogP contribution in [0.15, 0.2) is 30.6 Å². The number of rotatable bonds is 4. The Morgan fingerprint density at radius 1 is 1.40 bits per heavy atom. The summed E-state index contributed by atoms with van der Waals surface area (Å²) < 4.78 is 5.63. The summed E-state index contributed by atoms with van der Waals surface area (Å²) in [7, 11) is 0. The Labute approximate surface area is 178 Å². The molecule has 9 heteroatoms. The molecule has 2 amide bonds. The molecule has 2 aliphatic rings. The van der Waals surface area contributed by atoms with Crippen molar-refractivity contribution in [3.05, 3.63) is 46.6 Å². The molecule has 0 saturated carbocycles. The zero-order chi connectivity index (χ0) is 20.9. The van der Waals surface area contributed by atoms with Crippen molar-refractivity contribution in [2.24, 2.45) is 0 Å². The maximum Gasteiger partial charge on any atom is 0.434 e. The molecule has 1 unspecified atom stereocenters. The molecule has 1 atom stereocenters. The van der Waals surface area contributed by atoms with Gasteiger partial charge in [0.1, 0.15) is 11.1 Å². The number of nitrogens with zero attached hydrogens (tertiary/aromatic N) is 2. The van der Waals surface area contributed by atoms with Gasteiger partial charge in [0.15, 0.2) is 0 Å². The fraction of sp³-hybridized carbons (Fsp3) is 0.381. The highest BCUT2D eigenvalue weighted by atomic mass is 32.1. The van der Waals surface area contributed by atoms with E-state index in [1.165, 1.54) is 22.5 Å². The maximum absolute atomic E-state index is 12.3. The largest absolute Gasteiger partial charge is 0.444 e. The number of ether oxygens (including phenoxy) is 1. The topological polar surface area (TPSA) is 107 Å². The van der Waals surface area contributed by atoms with E-state index in [1.54, 1.807) is 18.5 Å². The standard InChI is InChI=1S/C21H24N4O4S/c22-19-16-7-6-15(29-21(27)25-10-1-2-11-28-25)12-17(16)30-20(19)24-18(26)8-5-14-4-3-9-23-13-14/h3-5,8-9,13,15H,1-2,6-7,10-12,22H2,(H,24,26)/b8-5+. The molecule has 0 radical (unpaired) electrons. The molecule has 1 aliphatic carbocycles. The quantitative estimate of drug-likeness (QED) is 0.723. The van der Waals surface area contributed by atoms with E-state index in [-0.39, 0.29) is 12.0 Å². The number of amides is 2. The van der Waals surface area contributed by atoms with E-state index in [9.17, 15) is 9.59 Å². The predicted octanol–water partition coefficient (Wildman–Crippen LogP) is 3.40. The highest BCUT2D eigenvalue weighted by Crippen LogP contribution is 2.40. The smallest absolute Gasteiger partial charge is 0.434 e. The van der Waals surface area contributed by atoms with Crippen LogP contribution < -0.4 is 11.1 Å². The molecule has 1 aliphatic heterocycles. The lowest BCUT2D eigenvalue weighted by Gasteiger charge is -2.28. The van der Waals surface area contributed by atoms with Gasteiger partial charge in [-0.05, 0) is 49.0 Å². The summed E-state index contributed by atoms with van der Waals surface area (Å²) in [5.74, 6) is -0.255. The van der Waals surface area contributed by atoms with Crippen LogP contribution >= 0.6 is 11.3 Å². The molecule has 2 aromatic heterocycles. The summed E-state index contributed by atoms with van der Waals surface area (Å²) in [6.45, 7) is 1.11. The number of nitrogen functional groups attached to an aromatic ring is 1.